The molecule has 2 heterocycles. The number of nitrogens with zero attached hydrogens (tertiary/aromatic N) is 4. The molecule has 320 valence electrons. The summed E-state index contributed by atoms with van der Waals surface area (Å²) in [6, 6.07) is 28.0. The van der Waals surface area contributed by atoms with Gasteiger partial charge in [-0.25, -0.2) is 19.3 Å². The van der Waals surface area contributed by atoms with E-state index in [-0.39, 0.29) is 31.3 Å². The number of methoxy groups -OCH3 is 1. The summed E-state index contributed by atoms with van der Waals surface area (Å²) in [5.41, 5.74) is 4.53. The van der Waals surface area contributed by atoms with Crippen LogP contribution in [0, 0.1) is 17.8 Å². The number of rotatable bonds is 15. The quantitative estimate of drug-likeness (QED) is 0.112. The molecule has 12 nitrogen and oxygen atoms in total. The zero-order chi connectivity index (χ0) is 43.6. The highest BCUT2D eigenvalue weighted by Gasteiger charge is 2.44. The molecule has 0 radical (unpaired) electrons. The highest BCUT2D eigenvalue weighted by molar-refractivity contribution is 5.91. The van der Waals surface area contributed by atoms with Crippen LogP contribution in [-0.2, 0) is 28.9 Å². The molecule has 0 bridgehead atoms. The maximum atomic E-state index is 14.6. The van der Waals surface area contributed by atoms with Gasteiger partial charge in [0.05, 0.1) is 24.9 Å². The van der Waals surface area contributed by atoms with E-state index >= 15 is 0 Å². The largest absolute Gasteiger partial charge is 0.452 e. The van der Waals surface area contributed by atoms with E-state index in [1.165, 1.54) is 7.11 Å². The van der Waals surface area contributed by atoms with Gasteiger partial charge in [0.15, 0.2) is 0 Å². The predicted molar refractivity (Wildman–Crippen MR) is 234 cm³/mol. The summed E-state index contributed by atoms with van der Waals surface area (Å²) in [4.78, 5) is 64.3. The first-order valence-electron chi connectivity index (χ1n) is 20.7. The molecule has 1 aromatic heterocycles. The van der Waals surface area contributed by atoms with E-state index in [4.69, 9.17) is 4.74 Å². The molecule has 1 saturated heterocycles. The number of ether oxygens (including phenoxy) is 1. The van der Waals surface area contributed by atoms with Crippen LogP contribution in [0.15, 0.2) is 103 Å². The van der Waals surface area contributed by atoms with Crippen molar-refractivity contribution in [2.75, 3.05) is 26.7 Å². The van der Waals surface area contributed by atoms with E-state index in [9.17, 15) is 24.3 Å². The maximum Gasteiger partial charge on any atom is 0.417 e. The Hall–Kier alpha value is -5.75. The topological polar surface area (TPSA) is 144 Å². The van der Waals surface area contributed by atoms with E-state index in [2.05, 4.69) is 15.6 Å². The molecule has 60 heavy (non-hydrogen) atoms. The summed E-state index contributed by atoms with van der Waals surface area (Å²) in [5.74, 6) is -0.375. The Morgan fingerprint density at radius 2 is 1.43 bits per heavy atom. The lowest BCUT2D eigenvalue weighted by atomic mass is 9.84. The zero-order valence-electron chi connectivity index (χ0n) is 36.4. The van der Waals surface area contributed by atoms with Crippen LogP contribution in [0.25, 0.3) is 11.3 Å². The van der Waals surface area contributed by atoms with Crippen LogP contribution in [0.1, 0.15) is 70.2 Å². The number of nitrogens with one attached hydrogen (secondary N) is 2. The molecule has 4 aromatic rings. The summed E-state index contributed by atoms with van der Waals surface area (Å²) in [6.45, 7) is 14.9. The molecule has 5 rings (SSSR count). The lowest BCUT2D eigenvalue weighted by molar-refractivity contribution is -0.130. The van der Waals surface area contributed by atoms with Gasteiger partial charge in [0, 0.05) is 44.0 Å². The highest BCUT2D eigenvalue weighted by atomic mass is 16.5. The molecule has 4 atom stereocenters. The Balaban J connectivity index is 1.42. The molecule has 0 aliphatic carbocycles. The highest BCUT2D eigenvalue weighted by Crippen LogP contribution is 2.29. The summed E-state index contributed by atoms with van der Waals surface area (Å²) in [6.07, 6.45) is 0.495. The first-order valence-corrected chi connectivity index (χ1v) is 20.7. The van der Waals surface area contributed by atoms with E-state index in [1.54, 1.807) is 9.80 Å². The van der Waals surface area contributed by atoms with Gasteiger partial charge in [-0.15, -0.1) is 0 Å². The van der Waals surface area contributed by atoms with Gasteiger partial charge in [0.2, 0.25) is 5.91 Å². The van der Waals surface area contributed by atoms with E-state index < -0.39 is 47.2 Å². The number of aromatic nitrogens is 1. The van der Waals surface area contributed by atoms with E-state index in [0.717, 1.165) is 38.4 Å². The van der Waals surface area contributed by atoms with Crippen molar-refractivity contribution >= 4 is 24.1 Å². The van der Waals surface area contributed by atoms with Crippen molar-refractivity contribution in [2.24, 2.45) is 10.8 Å². The smallest absolute Gasteiger partial charge is 0.417 e. The molecule has 1 aliphatic heterocycles. The molecule has 1 fully saturated rings. The number of hydrogen-bond acceptors (Lipinski definition) is 7. The monoisotopic (exact) mass is 818 g/mol. The molecule has 3 aromatic carbocycles. The molecular formula is C48H62N6O6. The minimum absolute atomic E-state index is 0.0308. The minimum atomic E-state index is -1.16. The number of hydrogen-bond donors (Lipinski definition) is 3. The third-order valence-electron chi connectivity index (χ3n) is 10.6. The van der Waals surface area contributed by atoms with Crippen molar-refractivity contribution in [2.45, 2.75) is 98.5 Å². The minimum Gasteiger partial charge on any atom is -0.452 e. The van der Waals surface area contributed by atoms with Crippen LogP contribution >= 0.6 is 0 Å². The summed E-state index contributed by atoms with van der Waals surface area (Å²) in [5, 5.41) is 18.4. The van der Waals surface area contributed by atoms with Crippen molar-refractivity contribution in [1.29, 1.82) is 0 Å². The van der Waals surface area contributed by atoms with Crippen LogP contribution < -0.4 is 10.6 Å². The predicted octanol–water partition coefficient (Wildman–Crippen LogP) is 7.62. The second-order valence-corrected chi connectivity index (χ2v) is 18.1. The van der Waals surface area contributed by atoms with Gasteiger partial charge < -0.3 is 30.3 Å². The number of pyridine rings is 1. The molecule has 4 unspecified atom stereocenters. The van der Waals surface area contributed by atoms with Crippen molar-refractivity contribution in [3.8, 4) is 11.3 Å². The molecule has 6 amide bonds. The molecular weight excluding hydrogens is 757 g/mol. The normalized spacial score (nSPS) is 15.2. The number of aryl methyl sites for hydroxylation is 1. The number of carbonyl (C=O) groups is 4. The van der Waals surface area contributed by atoms with Crippen LogP contribution in [0.3, 0.4) is 0 Å². The average Bonchev–Trinajstić information content (AvgIpc) is 3.54. The lowest BCUT2D eigenvalue weighted by Crippen LogP contribution is -2.59. The van der Waals surface area contributed by atoms with Gasteiger partial charge in [-0.05, 0) is 65.3 Å². The second-order valence-electron chi connectivity index (χ2n) is 18.1. The number of carbonyl (C=O) groups excluding carboxylic acids is 4. The first kappa shape index (κ1) is 45.3. The van der Waals surface area contributed by atoms with Crippen molar-refractivity contribution < 1.29 is 29.0 Å². The Kier molecular flexibility index (Phi) is 15.1. The lowest BCUT2D eigenvalue weighted by Gasteiger charge is -2.38. The molecule has 0 saturated carbocycles. The number of aliphatic hydroxyl groups excluding tert-OH is 1. The van der Waals surface area contributed by atoms with Gasteiger partial charge in [-0.3, -0.25) is 9.78 Å². The van der Waals surface area contributed by atoms with Gasteiger partial charge >= 0.3 is 18.2 Å². The average molecular weight is 819 g/mol. The van der Waals surface area contributed by atoms with Crippen molar-refractivity contribution in [1.82, 2.24) is 30.3 Å². The Labute approximate surface area is 355 Å². The van der Waals surface area contributed by atoms with E-state index in [1.807, 2.05) is 152 Å². The summed E-state index contributed by atoms with van der Waals surface area (Å²) < 4.78 is 5.00. The fraction of sp³-hybridized carbons (Fsp3) is 0.438. The first-order chi connectivity index (χ1) is 28.4. The second kappa shape index (κ2) is 20.0. The van der Waals surface area contributed by atoms with Gasteiger partial charge in [0.25, 0.3) is 0 Å². The van der Waals surface area contributed by atoms with Gasteiger partial charge in [0.1, 0.15) is 6.04 Å². The van der Waals surface area contributed by atoms with Crippen LogP contribution in [0.4, 0.5) is 14.4 Å². The van der Waals surface area contributed by atoms with Gasteiger partial charge in [-0.2, -0.15) is 0 Å². The zero-order valence-corrected chi connectivity index (χ0v) is 36.4. The van der Waals surface area contributed by atoms with Gasteiger partial charge in [-0.1, -0.05) is 133 Å². The standard InChI is InChI=1S/C48H62N6O6/c1-33-19-24-39(49-30-33)37-22-20-35(21-23-37)27-38(50-44(57)54(46(59)60-8)32-47(2,3)4)29-41(55)40(28-34-15-11-9-12-16-34)51-43(56)42(48(5,6)7)53-26-25-52(45(53)58)31-36-17-13-10-14-18-36/h9-24,30,38,40-42,55H,25-29,31-32H2,1-8H3,(H,50,57)(H,51,56). The number of amides is 6. The van der Waals surface area contributed by atoms with Crippen LogP contribution in [0.2, 0.25) is 0 Å². The molecule has 1 aliphatic rings. The Morgan fingerprint density at radius 3 is 2.00 bits per heavy atom. The molecule has 12 heteroatoms. The molecule has 0 spiro atoms. The summed E-state index contributed by atoms with van der Waals surface area (Å²) >= 11 is 0. The number of aliphatic hydroxyl groups is 1. The summed E-state index contributed by atoms with van der Waals surface area (Å²) in [7, 11) is 1.23. The molecule has 3 N–H and O–H groups in total. The fourth-order valence-electron chi connectivity index (χ4n) is 7.65. The maximum absolute atomic E-state index is 14.6. The van der Waals surface area contributed by atoms with E-state index in [0.29, 0.717) is 26.1 Å². The third-order valence-corrected chi connectivity index (χ3v) is 10.6. The number of benzene rings is 3. The van der Waals surface area contributed by atoms with Crippen LogP contribution in [0.5, 0.6) is 0 Å². The Bertz CT molecular complexity index is 2030. The SMILES string of the molecule is COC(=O)N(CC(C)(C)C)C(=O)NC(Cc1ccc(-c2ccc(C)cn2)cc1)CC(O)C(Cc1ccccc1)NC(=O)C(N1CCN(Cc2ccccc2)C1=O)C(C)(C)C. The van der Waals surface area contributed by atoms with Crippen molar-refractivity contribution in [3.05, 3.63) is 126 Å². The van der Waals surface area contributed by atoms with Crippen molar-refractivity contribution in [3.63, 3.8) is 0 Å². The fourth-order valence-corrected chi connectivity index (χ4v) is 7.65. The number of imide groups is 1. The third kappa shape index (κ3) is 12.6. The Morgan fingerprint density at radius 1 is 0.817 bits per heavy atom. The number of urea groups is 2. The van der Waals surface area contributed by atoms with Crippen LogP contribution in [-0.4, -0.2) is 99.8 Å².